The van der Waals surface area contributed by atoms with Crippen LogP contribution in [0.2, 0.25) is 0 Å². The van der Waals surface area contributed by atoms with Crippen molar-refractivity contribution in [1.29, 1.82) is 0 Å². The summed E-state index contributed by atoms with van der Waals surface area (Å²) in [7, 11) is 0. The number of rotatable bonds is 5. The van der Waals surface area contributed by atoms with Crippen molar-refractivity contribution in [3.63, 3.8) is 0 Å². The Morgan fingerprint density at radius 3 is 2.88 bits per heavy atom. The van der Waals surface area contributed by atoms with Crippen LogP contribution in [0.4, 0.5) is 0 Å². The minimum atomic E-state index is -0.212. The van der Waals surface area contributed by atoms with Crippen molar-refractivity contribution in [2.45, 2.75) is 6.54 Å². The van der Waals surface area contributed by atoms with Crippen LogP contribution in [0.3, 0.4) is 0 Å². The van der Waals surface area contributed by atoms with Gasteiger partial charge < -0.3 is 19.5 Å². The van der Waals surface area contributed by atoms with Crippen molar-refractivity contribution in [2.75, 3.05) is 13.2 Å². The van der Waals surface area contributed by atoms with Crippen LogP contribution in [0.15, 0.2) is 54.0 Å². The third-order valence-electron chi connectivity index (χ3n) is 3.75. The quantitative estimate of drug-likeness (QED) is 0.745. The predicted octanol–water partition coefficient (Wildman–Crippen LogP) is 3.64. The normalized spacial score (nSPS) is 12.5. The number of nitrogens with zero attached hydrogens (tertiary/aromatic N) is 1. The van der Waals surface area contributed by atoms with Crippen molar-refractivity contribution < 1.29 is 19.0 Å². The van der Waals surface area contributed by atoms with Gasteiger partial charge in [-0.3, -0.25) is 4.79 Å². The molecule has 0 saturated heterocycles. The molecular weight excluding hydrogens is 352 g/mol. The SMILES string of the molecule is O=C(NCc1cccnc1Oc1ccccc1)c1scc2c1OCCO2. The van der Waals surface area contributed by atoms with Gasteiger partial charge >= 0.3 is 0 Å². The van der Waals surface area contributed by atoms with Gasteiger partial charge in [0.25, 0.3) is 5.91 Å². The molecule has 3 aromatic rings. The van der Waals surface area contributed by atoms with Crippen LogP contribution in [0.1, 0.15) is 15.2 Å². The highest BCUT2D eigenvalue weighted by molar-refractivity contribution is 7.12. The first-order chi connectivity index (χ1) is 12.8. The van der Waals surface area contributed by atoms with E-state index in [1.54, 1.807) is 11.6 Å². The van der Waals surface area contributed by atoms with Gasteiger partial charge in [0, 0.05) is 23.7 Å². The first kappa shape index (κ1) is 16.4. The summed E-state index contributed by atoms with van der Waals surface area (Å²) in [5.74, 6) is 2.09. The van der Waals surface area contributed by atoms with E-state index in [4.69, 9.17) is 14.2 Å². The van der Waals surface area contributed by atoms with E-state index in [2.05, 4.69) is 10.3 Å². The van der Waals surface area contributed by atoms with Gasteiger partial charge in [0.1, 0.15) is 23.8 Å². The highest BCUT2D eigenvalue weighted by atomic mass is 32.1. The number of nitrogens with one attached hydrogen (secondary N) is 1. The van der Waals surface area contributed by atoms with Gasteiger partial charge in [-0.25, -0.2) is 4.98 Å². The zero-order chi connectivity index (χ0) is 17.8. The van der Waals surface area contributed by atoms with Gasteiger partial charge in [-0.2, -0.15) is 0 Å². The molecule has 3 heterocycles. The molecule has 4 rings (SSSR count). The second kappa shape index (κ2) is 7.45. The molecule has 0 bridgehead atoms. The number of pyridine rings is 1. The Kier molecular flexibility index (Phi) is 4.70. The van der Waals surface area contributed by atoms with E-state index < -0.39 is 0 Å². The van der Waals surface area contributed by atoms with Gasteiger partial charge in [0.2, 0.25) is 5.88 Å². The number of hydrogen-bond acceptors (Lipinski definition) is 6. The highest BCUT2D eigenvalue weighted by Gasteiger charge is 2.23. The highest BCUT2D eigenvalue weighted by Crippen LogP contribution is 2.39. The molecule has 1 aromatic carbocycles. The number of aromatic nitrogens is 1. The van der Waals surface area contributed by atoms with E-state index in [1.165, 1.54) is 11.3 Å². The fraction of sp³-hybridized carbons (Fsp3) is 0.158. The number of thiophene rings is 1. The summed E-state index contributed by atoms with van der Waals surface area (Å²) in [6, 6.07) is 13.1. The third kappa shape index (κ3) is 3.48. The maximum atomic E-state index is 12.5. The average Bonchev–Trinajstić information content (AvgIpc) is 3.12. The van der Waals surface area contributed by atoms with Gasteiger partial charge in [0.15, 0.2) is 11.5 Å². The van der Waals surface area contributed by atoms with Crippen molar-refractivity contribution in [3.8, 4) is 23.1 Å². The van der Waals surface area contributed by atoms with E-state index in [0.29, 0.717) is 47.8 Å². The van der Waals surface area contributed by atoms with Crippen LogP contribution in [0.25, 0.3) is 0 Å². The van der Waals surface area contributed by atoms with Crippen molar-refractivity contribution in [2.24, 2.45) is 0 Å². The number of ether oxygens (including phenoxy) is 3. The molecule has 6 nitrogen and oxygen atoms in total. The van der Waals surface area contributed by atoms with Crippen LogP contribution < -0.4 is 19.5 Å². The zero-order valence-corrected chi connectivity index (χ0v) is 14.6. The average molecular weight is 368 g/mol. The summed E-state index contributed by atoms with van der Waals surface area (Å²) in [5, 5.41) is 4.68. The zero-order valence-electron chi connectivity index (χ0n) is 13.8. The number of benzene rings is 1. The lowest BCUT2D eigenvalue weighted by atomic mass is 10.2. The molecule has 0 aliphatic carbocycles. The van der Waals surface area contributed by atoms with Crippen LogP contribution in [0, 0.1) is 0 Å². The number of carbonyl (C=O) groups is 1. The Labute approximate surface area is 154 Å². The summed E-state index contributed by atoms with van der Waals surface area (Å²) in [6.45, 7) is 1.24. The lowest BCUT2D eigenvalue weighted by Crippen LogP contribution is -2.24. The second-order valence-corrected chi connectivity index (χ2v) is 6.40. The van der Waals surface area contributed by atoms with E-state index >= 15 is 0 Å². The minimum absolute atomic E-state index is 0.212. The maximum Gasteiger partial charge on any atom is 0.265 e. The molecule has 1 aliphatic rings. The summed E-state index contributed by atoms with van der Waals surface area (Å²) in [6.07, 6.45) is 1.66. The predicted molar refractivity (Wildman–Crippen MR) is 97.2 cm³/mol. The molecule has 1 aliphatic heterocycles. The standard InChI is InChI=1S/C19H16N2O4S/c22-18(17-16-15(12-26-17)23-9-10-24-16)21-11-13-5-4-8-20-19(13)25-14-6-2-1-3-7-14/h1-8,12H,9-11H2,(H,21,22). The Hall–Kier alpha value is -3.06. The molecule has 1 amide bonds. The fourth-order valence-corrected chi connectivity index (χ4v) is 3.37. The Morgan fingerprint density at radius 1 is 1.15 bits per heavy atom. The molecule has 0 atom stereocenters. The minimum Gasteiger partial charge on any atom is -0.485 e. The van der Waals surface area contributed by atoms with Crippen LogP contribution in [-0.4, -0.2) is 24.1 Å². The topological polar surface area (TPSA) is 69.7 Å². The van der Waals surface area contributed by atoms with Crippen LogP contribution >= 0.6 is 11.3 Å². The van der Waals surface area contributed by atoms with Gasteiger partial charge in [-0.05, 0) is 18.2 Å². The molecule has 0 radical (unpaired) electrons. The molecule has 7 heteroatoms. The maximum absolute atomic E-state index is 12.5. The van der Waals surface area contributed by atoms with Crippen LogP contribution in [0.5, 0.6) is 23.1 Å². The molecule has 2 aromatic heterocycles. The Balaban J connectivity index is 1.46. The molecule has 26 heavy (non-hydrogen) atoms. The van der Waals surface area contributed by atoms with Gasteiger partial charge in [0.05, 0.1) is 0 Å². The van der Waals surface area contributed by atoms with E-state index in [1.807, 2.05) is 42.5 Å². The smallest absolute Gasteiger partial charge is 0.265 e. The number of carbonyl (C=O) groups excluding carboxylic acids is 1. The summed E-state index contributed by atoms with van der Waals surface area (Å²) >= 11 is 1.31. The monoisotopic (exact) mass is 368 g/mol. The number of hydrogen-bond donors (Lipinski definition) is 1. The van der Waals surface area contributed by atoms with E-state index in [0.717, 1.165) is 5.56 Å². The number of para-hydroxylation sites is 1. The van der Waals surface area contributed by atoms with Crippen molar-refractivity contribution in [3.05, 3.63) is 64.5 Å². The Morgan fingerprint density at radius 2 is 2.00 bits per heavy atom. The first-order valence-corrected chi connectivity index (χ1v) is 9.01. The molecule has 0 saturated carbocycles. The largest absolute Gasteiger partial charge is 0.485 e. The lowest BCUT2D eigenvalue weighted by molar-refractivity contribution is 0.0945. The number of fused-ring (bicyclic) bond motifs is 1. The summed E-state index contributed by atoms with van der Waals surface area (Å²) < 4.78 is 16.9. The fourth-order valence-electron chi connectivity index (χ4n) is 2.53. The van der Waals surface area contributed by atoms with Crippen molar-refractivity contribution >= 4 is 17.2 Å². The van der Waals surface area contributed by atoms with Crippen molar-refractivity contribution in [1.82, 2.24) is 10.3 Å². The van der Waals surface area contributed by atoms with Gasteiger partial charge in [-0.1, -0.05) is 24.3 Å². The van der Waals surface area contributed by atoms with Gasteiger partial charge in [-0.15, -0.1) is 11.3 Å². The second-order valence-electron chi connectivity index (χ2n) is 5.52. The van der Waals surface area contributed by atoms with E-state index in [-0.39, 0.29) is 5.91 Å². The Bertz CT molecular complexity index is 911. The van der Waals surface area contributed by atoms with Crippen LogP contribution in [-0.2, 0) is 6.54 Å². The lowest BCUT2D eigenvalue weighted by Gasteiger charge is -2.16. The third-order valence-corrected chi connectivity index (χ3v) is 4.69. The molecule has 0 unspecified atom stereocenters. The summed E-state index contributed by atoms with van der Waals surface area (Å²) in [5.41, 5.74) is 0.785. The molecule has 0 spiro atoms. The molecular formula is C19H16N2O4S. The number of amides is 1. The molecule has 1 N–H and O–H groups in total. The summed E-state index contributed by atoms with van der Waals surface area (Å²) in [4.78, 5) is 17.3. The molecule has 0 fully saturated rings. The van der Waals surface area contributed by atoms with E-state index in [9.17, 15) is 4.79 Å². The molecule has 132 valence electrons. The first-order valence-electron chi connectivity index (χ1n) is 8.13.